The summed E-state index contributed by atoms with van der Waals surface area (Å²) >= 11 is 0. The van der Waals surface area contributed by atoms with E-state index in [0.717, 1.165) is 24.3 Å². The van der Waals surface area contributed by atoms with Crippen LogP contribution >= 0.6 is 0 Å². The molecule has 1 N–H and O–H groups in total. The molecule has 2 aliphatic heterocycles. The summed E-state index contributed by atoms with van der Waals surface area (Å²) in [5.74, 6) is -0.756. The number of halogens is 2. The molecule has 1 saturated heterocycles. The molecule has 1 fully saturated rings. The van der Waals surface area contributed by atoms with Gasteiger partial charge in [0, 0.05) is 37.6 Å². The average Bonchev–Trinajstić information content (AvgIpc) is 2.83. The second-order valence-corrected chi connectivity index (χ2v) is 8.47. The van der Waals surface area contributed by atoms with Gasteiger partial charge in [-0.25, -0.2) is 8.78 Å². The van der Waals surface area contributed by atoms with E-state index in [1.54, 1.807) is 24.3 Å². The Morgan fingerprint density at radius 3 is 2.34 bits per heavy atom. The summed E-state index contributed by atoms with van der Waals surface area (Å²) in [4.78, 5) is 17.9. The Balaban J connectivity index is 1.38. The van der Waals surface area contributed by atoms with Crippen molar-refractivity contribution in [3.63, 3.8) is 0 Å². The molecule has 3 aromatic carbocycles. The molecule has 2 aliphatic rings. The molecule has 5 rings (SSSR count). The van der Waals surface area contributed by atoms with Crippen LogP contribution in [0.1, 0.15) is 11.1 Å². The fourth-order valence-electron chi connectivity index (χ4n) is 4.87. The molecule has 3 aromatic rings. The second-order valence-electron chi connectivity index (χ2n) is 8.47. The van der Waals surface area contributed by atoms with Gasteiger partial charge in [-0.1, -0.05) is 30.3 Å². The van der Waals surface area contributed by atoms with Gasteiger partial charge < -0.3 is 15.1 Å². The number of fused-ring (bicyclic) bond motifs is 3. The van der Waals surface area contributed by atoms with Gasteiger partial charge in [-0.3, -0.25) is 4.79 Å². The largest absolute Gasteiger partial charge is 0.368 e. The number of benzene rings is 3. The van der Waals surface area contributed by atoms with Crippen molar-refractivity contribution in [2.75, 3.05) is 29.4 Å². The van der Waals surface area contributed by atoms with Crippen LogP contribution in [0.25, 0.3) is 0 Å². The Bertz CT molecular complexity index is 1100. The van der Waals surface area contributed by atoms with Crippen LogP contribution in [0.4, 0.5) is 20.2 Å². The standard InChI is InChI=1S/C26H25F2N3O/c27-20-7-5-18(6-8-20)16-29-26(32)23-15-19-3-1-2-4-24(19)31-14-13-30(17-25(23)31)22-11-9-21(28)10-12-22/h1-12,23,25H,13-17H2,(H,29,32)/t23-,25-/m1/s1. The zero-order valence-electron chi connectivity index (χ0n) is 17.7. The van der Waals surface area contributed by atoms with Gasteiger partial charge in [0.25, 0.3) is 0 Å². The van der Waals surface area contributed by atoms with Crippen LogP contribution in [0, 0.1) is 17.6 Å². The van der Waals surface area contributed by atoms with E-state index in [9.17, 15) is 13.6 Å². The quantitative estimate of drug-likeness (QED) is 0.672. The number of nitrogens with zero attached hydrogens (tertiary/aromatic N) is 2. The highest BCUT2D eigenvalue weighted by Gasteiger charge is 2.41. The Kier molecular flexibility index (Phi) is 5.52. The van der Waals surface area contributed by atoms with Gasteiger partial charge in [0.2, 0.25) is 5.91 Å². The van der Waals surface area contributed by atoms with Crippen molar-refractivity contribution in [1.82, 2.24) is 5.32 Å². The van der Waals surface area contributed by atoms with Gasteiger partial charge in [0.05, 0.1) is 12.0 Å². The third-order valence-corrected chi connectivity index (χ3v) is 6.53. The SMILES string of the molecule is O=C(NCc1ccc(F)cc1)[C@@H]1Cc2ccccc2N2CCN(c3ccc(F)cc3)C[C@H]12. The molecule has 0 spiro atoms. The van der Waals surface area contributed by atoms with Crippen LogP contribution in [0.15, 0.2) is 72.8 Å². The summed E-state index contributed by atoms with van der Waals surface area (Å²) < 4.78 is 26.6. The molecule has 0 saturated carbocycles. The van der Waals surface area contributed by atoms with Gasteiger partial charge in [-0.2, -0.15) is 0 Å². The maximum atomic E-state index is 13.4. The lowest BCUT2D eigenvalue weighted by atomic mass is 9.83. The number of para-hydroxylation sites is 1. The molecule has 164 valence electrons. The van der Waals surface area contributed by atoms with E-state index in [1.165, 1.54) is 35.5 Å². The van der Waals surface area contributed by atoms with Crippen LogP contribution in [0.3, 0.4) is 0 Å². The summed E-state index contributed by atoms with van der Waals surface area (Å²) in [6.45, 7) is 2.65. The zero-order chi connectivity index (χ0) is 22.1. The monoisotopic (exact) mass is 433 g/mol. The number of amides is 1. The molecule has 1 amide bonds. The predicted octanol–water partition coefficient (Wildman–Crippen LogP) is 4.15. The molecule has 2 atom stereocenters. The van der Waals surface area contributed by atoms with Gasteiger partial charge in [0.15, 0.2) is 0 Å². The van der Waals surface area contributed by atoms with Gasteiger partial charge in [-0.15, -0.1) is 0 Å². The minimum Gasteiger partial charge on any atom is -0.368 e. The molecule has 6 heteroatoms. The van der Waals surface area contributed by atoms with Crippen molar-refractivity contribution in [2.45, 2.75) is 19.0 Å². The Hall–Kier alpha value is -3.41. The van der Waals surface area contributed by atoms with Crippen molar-refractivity contribution in [3.05, 3.63) is 95.6 Å². The molecule has 0 aromatic heterocycles. The lowest BCUT2D eigenvalue weighted by Crippen LogP contribution is -2.61. The maximum Gasteiger partial charge on any atom is 0.225 e. The van der Waals surface area contributed by atoms with E-state index in [2.05, 4.69) is 27.2 Å². The highest BCUT2D eigenvalue weighted by Crippen LogP contribution is 2.37. The Labute approximate surface area is 186 Å². The minimum atomic E-state index is -0.289. The van der Waals surface area contributed by atoms with Gasteiger partial charge in [0.1, 0.15) is 11.6 Å². The van der Waals surface area contributed by atoms with Crippen molar-refractivity contribution in [3.8, 4) is 0 Å². The van der Waals surface area contributed by atoms with Crippen molar-refractivity contribution in [2.24, 2.45) is 5.92 Å². The summed E-state index contributed by atoms with van der Waals surface area (Å²) in [6.07, 6.45) is 0.670. The molecule has 0 radical (unpaired) electrons. The van der Waals surface area contributed by atoms with Crippen LogP contribution in [0.5, 0.6) is 0 Å². The van der Waals surface area contributed by atoms with E-state index < -0.39 is 0 Å². The predicted molar refractivity (Wildman–Crippen MR) is 122 cm³/mol. The fourth-order valence-corrected chi connectivity index (χ4v) is 4.87. The number of hydrogen-bond acceptors (Lipinski definition) is 3. The summed E-state index contributed by atoms with van der Waals surface area (Å²) in [5, 5.41) is 3.06. The molecule has 32 heavy (non-hydrogen) atoms. The number of carbonyl (C=O) groups is 1. The van der Waals surface area contributed by atoms with Gasteiger partial charge >= 0.3 is 0 Å². The fraction of sp³-hybridized carbons (Fsp3) is 0.269. The van der Waals surface area contributed by atoms with Crippen molar-refractivity contribution < 1.29 is 13.6 Å². The first kappa shape index (κ1) is 20.5. The molecular formula is C26H25F2N3O. The van der Waals surface area contributed by atoms with Crippen LogP contribution in [-0.2, 0) is 17.8 Å². The van der Waals surface area contributed by atoms with E-state index in [-0.39, 0.29) is 29.5 Å². The second kappa shape index (κ2) is 8.61. The van der Waals surface area contributed by atoms with E-state index in [1.807, 2.05) is 12.1 Å². The Morgan fingerprint density at radius 2 is 1.59 bits per heavy atom. The third kappa shape index (κ3) is 4.05. The number of nitrogens with one attached hydrogen (secondary N) is 1. The van der Waals surface area contributed by atoms with E-state index in [4.69, 9.17) is 0 Å². The number of piperazine rings is 1. The average molecular weight is 434 g/mol. The van der Waals surface area contributed by atoms with Crippen molar-refractivity contribution in [1.29, 1.82) is 0 Å². The van der Waals surface area contributed by atoms with Gasteiger partial charge in [-0.05, 0) is 60.0 Å². The van der Waals surface area contributed by atoms with Crippen LogP contribution in [0.2, 0.25) is 0 Å². The number of rotatable bonds is 4. The molecule has 4 nitrogen and oxygen atoms in total. The van der Waals surface area contributed by atoms with Crippen LogP contribution < -0.4 is 15.1 Å². The first-order valence-electron chi connectivity index (χ1n) is 11.0. The topological polar surface area (TPSA) is 35.6 Å². The normalized spacial score (nSPS) is 19.8. The zero-order valence-corrected chi connectivity index (χ0v) is 17.7. The molecule has 2 heterocycles. The van der Waals surface area contributed by atoms with Crippen LogP contribution in [-0.4, -0.2) is 31.6 Å². The first-order valence-corrected chi connectivity index (χ1v) is 11.0. The number of hydrogen-bond donors (Lipinski definition) is 1. The number of anilines is 2. The summed E-state index contributed by atoms with van der Waals surface area (Å²) in [6, 6.07) is 21.0. The number of carbonyl (C=O) groups excluding carboxylic acids is 1. The highest BCUT2D eigenvalue weighted by molar-refractivity contribution is 5.82. The Morgan fingerprint density at radius 1 is 0.906 bits per heavy atom. The van der Waals surface area contributed by atoms with E-state index >= 15 is 0 Å². The molecule has 0 bridgehead atoms. The smallest absolute Gasteiger partial charge is 0.225 e. The van der Waals surface area contributed by atoms with E-state index in [0.29, 0.717) is 19.5 Å². The third-order valence-electron chi connectivity index (χ3n) is 6.53. The summed E-state index contributed by atoms with van der Waals surface area (Å²) in [5.41, 5.74) is 4.21. The lowest BCUT2D eigenvalue weighted by Gasteiger charge is -2.49. The molecule has 0 unspecified atom stereocenters. The lowest BCUT2D eigenvalue weighted by molar-refractivity contribution is -0.126. The molecular weight excluding hydrogens is 408 g/mol. The van der Waals surface area contributed by atoms with Crippen molar-refractivity contribution >= 4 is 17.3 Å². The maximum absolute atomic E-state index is 13.4. The minimum absolute atomic E-state index is 0.000200. The first-order chi connectivity index (χ1) is 15.6. The summed E-state index contributed by atoms with van der Waals surface area (Å²) in [7, 11) is 0. The molecule has 0 aliphatic carbocycles. The highest BCUT2D eigenvalue weighted by atomic mass is 19.1.